The summed E-state index contributed by atoms with van der Waals surface area (Å²) >= 11 is 1.37. The fraction of sp³-hybridized carbons (Fsp3) is 0.360. The molecule has 32 heavy (non-hydrogen) atoms. The normalized spacial score (nSPS) is 22.4. The number of rotatable bonds is 3. The number of hydrogen-bond acceptors (Lipinski definition) is 5. The molecule has 1 saturated heterocycles. The van der Waals surface area contributed by atoms with E-state index in [2.05, 4.69) is 33.7 Å². The van der Waals surface area contributed by atoms with Gasteiger partial charge in [0.2, 0.25) is 0 Å². The molecule has 0 bridgehead atoms. The topological polar surface area (TPSA) is 50.7 Å². The van der Waals surface area contributed by atoms with Gasteiger partial charge in [-0.25, -0.2) is 0 Å². The van der Waals surface area contributed by atoms with Crippen LogP contribution in [0.25, 0.3) is 3.58 Å². The fourth-order valence-electron chi connectivity index (χ4n) is 3.58. The molecule has 3 aliphatic rings. The molecule has 1 N–H and O–H groups in total. The molecular formula is C25H31ILiN2O2S-3. The van der Waals surface area contributed by atoms with Gasteiger partial charge in [-0.2, -0.15) is 18.6 Å². The molecule has 0 unspecified atom stereocenters. The molecule has 1 fully saturated rings. The van der Waals surface area contributed by atoms with Crippen LogP contribution in [-0.2, 0) is 9.53 Å². The number of fused-ring (bicyclic) bond motifs is 1. The van der Waals surface area contributed by atoms with Crippen LogP contribution in [0.1, 0.15) is 36.1 Å². The molecule has 1 aliphatic carbocycles. The Labute approximate surface area is 219 Å². The van der Waals surface area contributed by atoms with E-state index < -0.39 is 0 Å². The summed E-state index contributed by atoms with van der Waals surface area (Å²) in [7, 11) is 1.70. The third-order valence-corrected chi connectivity index (χ3v) is 9.07. The van der Waals surface area contributed by atoms with Crippen LogP contribution in [0.4, 0.5) is 0 Å². The number of nitrogens with zero attached hydrogens (tertiary/aromatic N) is 1. The van der Waals surface area contributed by atoms with Crippen molar-refractivity contribution in [2.24, 2.45) is 10.9 Å². The van der Waals surface area contributed by atoms with E-state index in [-0.39, 0.29) is 47.5 Å². The van der Waals surface area contributed by atoms with Gasteiger partial charge in [-0.05, 0) is 12.8 Å². The first kappa shape index (κ1) is 29.0. The quantitative estimate of drug-likeness (QED) is 0.263. The molecule has 7 heteroatoms. The van der Waals surface area contributed by atoms with Crippen LogP contribution < -0.4 is 55.3 Å². The van der Waals surface area contributed by atoms with E-state index in [1.165, 1.54) is 29.4 Å². The van der Waals surface area contributed by atoms with Crippen molar-refractivity contribution in [1.29, 1.82) is 0 Å². The Morgan fingerprint density at radius 2 is 2.09 bits per heavy atom. The van der Waals surface area contributed by atoms with Crippen molar-refractivity contribution >= 4 is 21.2 Å². The Kier molecular flexibility index (Phi) is 13.6. The van der Waals surface area contributed by atoms with Gasteiger partial charge in [-0.3, -0.25) is 0 Å². The van der Waals surface area contributed by atoms with E-state index in [0.29, 0.717) is 5.92 Å². The minimum absolute atomic E-state index is 0. The maximum atomic E-state index is 11.0. The monoisotopic (exact) mass is 557 g/mol. The predicted octanol–water partition coefficient (Wildman–Crippen LogP) is -2.10. The number of halogens is 1. The second kappa shape index (κ2) is 15.0. The summed E-state index contributed by atoms with van der Waals surface area (Å²) in [5.41, 5.74) is 2.09. The molecule has 1 aromatic rings. The van der Waals surface area contributed by atoms with Crippen molar-refractivity contribution in [1.82, 2.24) is 5.32 Å². The molecule has 0 spiro atoms. The average Bonchev–Trinajstić information content (AvgIpc) is 2.93. The van der Waals surface area contributed by atoms with Crippen molar-refractivity contribution in [3.63, 3.8) is 0 Å². The molecule has 1 aromatic heterocycles. The number of nitrogens with one attached hydrogen (secondary N) is 1. The second-order valence-corrected chi connectivity index (χ2v) is 10.8. The third-order valence-electron chi connectivity index (χ3n) is 5.20. The van der Waals surface area contributed by atoms with Crippen molar-refractivity contribution < 1.29 is 49.6 Å². The molecule has 0 amide bonds. The molecule has 0 radical (unpaired) electrons. The Morgan fingerprint density at radius 1 is 1.34 bits per heavy atom. The number of carbonyl (C=O) groups excluding carboxylic acids is 1. The van der Waals surface area contributed by atoms with Gasteiger partial charge in [0.1, 0.15) is 0 Å². The summed E-state index contributed by atoms with van der Waals surface area (Å²) in [6.07, 6.45) is 16.5. The Balaban J connectivity index is 0.000000342. The van der Waals surface area contributed by atoms with Crippen LogP contribution in [0.3, 0.4) is 0 Å². The first-order chi connectivity index (χ1) is 14.6. The van der Waals surface area contributed by atoms with Gasteiger partial charge in [0.15, 0.2) is 0 Å². The molecule has 4 rings (SSSR count). The molecule has 3 heterocycles. The first-order valence-corrected chi connectivity index (χ1v) is 13.3. The molecule has 0 aromatic carbocycles. The summed E-state index contributed by atoms with van der Waals surface area (Å²) in [6, 6.07) is 0. The third kappa shape index (κ3) is 7.77. The summed E-state index contributed by atoms with van der Waals surface area (Å²) in [4.78, 5) is 16.3. The number of hydrogen-bond donors (Lipinski definition) is 1. The van der Waals surface area contributed by atoms with E-state index in [4.69, 9.17) is 4.74 Å². The summed E-state index contributed by atoms with van der Waals surface area (Å²) in [5, 5.41) is 4.69. The minimum Gasteiger partial charge on any atom is -0.514 e. The van der Waals surface area contributed by atoms with Gasteiger partial charge in [0.25, 0.3) is 0 Å². The number of methoxy groups -OCH3 is 1. The largest absolute Gasteiger partial charge is 1.00 e. The van der Waals surface area contributed by atoms with Crippen LogP contribution in [-0.4, -0.2) is 26.5 Å². The van der Waals surface area contributed by atoms with Gasteiger partial charge in [-0.15, -0.1) is 12.2 Å². The van der Waals surface area contributed by atoms with E-state index in [1.807, 2.05) is 31.4 Å². The summed E-state index contributed by atoms with van der Waals surface area (Å²) in [6.45, 7) is 8.10. The van der Waals surface area contributed by atoms with Gasteiger partial charge in [0.05, 0.1) is 7.11 Å². The standard InChI is InChI=1S/C14H15IN2OS.C10H13O.CH3.Li/c1-9-11(8-18)19-14-12(9)13(15-4-7-17-14)10-2-5-16-6-3-10;1-9-6-4-3-5-7-10(8-9)11-2;;/h4,7,10,16H,2-3,5-6H2,1H3;3-4,6,8H,1,5,7H2,2H3;1H3;/q-2;2*-1;+1/b;4-3-,9-6-,10-8+;;. The fourth-order valence-corrected chi connectivity index (χ4v) is 7.55. The van der Waals surface area contributed by atoms with Crippen LogP contribution >= 0.6 is 11.3 Å². The SMILES string of the molecule is Cc1c([C-]=O)sc2c1=C(C1CCNCC1)[I-]C=CN=2.[CH2-]C1=C/C=C\CC/C(OC)=C\1.[CH3-].[Li+]. The first-order valence-electron chi connectivity index (χ1n) is 10.2. The van der Waals surface area contributed by atoms with Gasteiger partial charge in [0, 0.05) is 5.76 Å². The van der Waals surface area contributed by atoms with E-state index in [1.54, 1.807) is 10.7 Å². The summed E-state index contributed by atoms with van der Waals surface area (Å²) < 4.78 is 9.97. The zero-order valence-electron chi connectivity index (χ0n) is 19.5. The smallest absolute Gasteiger partial charge is 0.514 e. The number of ether oxygens (including phenoxy) is 1. The molecule has 2 aliphatic heterocycles. The van der Waals surface area contributed by atoms with Crippen LogP contribution in [0.15, 0.2) is 50.9 Å². The minimum atomic E-state index is -0.110. The Hall–Kier alpha value is -1.04. The van der Waals surface area contributed by atoms with Gasteiger partial charge in [-0.1, -0.05) is 6.08 Å². The molecular weight excluding hydrogens is 526 g/mol. The average molecular weight is 557 g/mol. The van der Waals surface area contributed by atoms with E-state index in [9.17, 15) is 4.79 Å². The maximum absolute atomic E-state index is 11.0. The maximum Gasteiger partial charge on any atom is 1.00 e. The zero-order valence-corrected chi connectivity index (χ0v) is 22.5. The van der Waals surface area contributed by atoms with E-state index >= 15 is 0 Å². The van der Waals surface area contributed by atoms with Crippen LogP contribution in [0, 0.1) is 27.2 Å². The molecule has 170 valence electrons. The van der Waals surface area contributed by atoms with Crippen molar-refractivity contribution in [2.45, 2.75) is 32.6 Å². The molecule has 4 nitrogen and oxygen atoms in total. The van der Waals surface area contributed by atoms with Crippen molar-refractivity contribution in [3.05, 3.63) is 80.6 Å². The van der Waals surface area contributed by atoms with E-state index in [0.717, 1.165) is 52.4 Å². The van der Waals surface area contributed by atoms with Crippen LogP contribution in [0.5, 0.6) is 0 Å². The van der Waals surface area contributed by atoms with Crippen molar-refractivity contribution in [2.75, 3.05) is 20.2 Å². The van der Waals surface area contributed by atoms with Crippen molar-refractivity contribution in [3.8, 4) is 0 Å². The predicted molar refractivity (Wildman–Crippen MR) is 126 cm³/mol. The number of thiophene rings is 1. The summed E-state index contributed by atoms with van der Waals surface area (Å²) in [5.74, 6) is 1.68. The van der Waals surface area contributed by atoms with Crippen LogP contribution in [0.2, 0.25) is 0 Å². The van der Waals surface area contributed by atoms with Gasteiger partial charge < -0.3 is 12.2 Å². The molecule has 0 saturated carbocycles. The second-order valence-electron chi connectivity index (χ2n) is 7.25. The molecule has 0 atom stereocenters. The zero-order chi connectivity index (χ0) is 21.3. The Morgan fingerprint density at radius 3 is 2.78 bits per heavy atom. The number of piperidine rings is 1. The number of allylic oxidation sites excluding steroid dienone is 6. The van der Waals surface area contributed by atoms with Gasteiger partial charge >= 0.3 is 146 Å². The Bertz CT molecular complexity index is 1000.